The Labute approximate surface area is 118 Å². The minimum Gasteiger partial charge on any atom is -0.366 e. The third-order valence-corrected chi connectivity index (χ3v) is 3.69. The van der Waals surface area contributed by atoms with Crippen LogP contribution in [0, 0.1) is 21.4 Å². The lowest BCUT2D eigenvalue weighted by Crippen LogP contribution is -2.45. The summed E-state index contributed by atoms with van der Waals surface area (Å²) in [4.78, 5) is 12.5. The maximum atomic E-state index is 10.8. The summed E-state index contributed by atoms with van der Waals surface area (Å²) in [5.41, 5.74) is 1.15. The fourth-order valence-corrected chi connectivity index (χ4v) is 2.74. The molecule has 0 spiro atoms. The van der Waals surface area contributed by atoms with Gasteiger partial charge in [-0.3, -0.25) is 10.1 Å². The third-order valence-electron chi connectivity index (χ3n) is 3.69. The molecule has 1 N–H and O–H groups in total. The Morgan fingerprint density at radius 3 is 3.00 bits per heavy atom. The van der Waals surface area contributed by atoms with Crippen LogP contribution in [0.5, 0.6) is 0 Å². The molecule has 1 fully saturated rings. The van der Waals surface area contributed by atoms with E-state index in [1.165, 1.54) is 18.6 Å². The molecule has 0 radical (unpaired) electrons. The zero-order valence-electron chi connectivity index (χ0n) is 11.5. The first-order valence-electron chi connectivity index (χ1n) is 6.77. The van der Waals surface area contributed by atoms with Crippen LogP contribution in [0.4, 0.5) is 11.4 Å². The quantitative estimate of drug-likeness (QED) is 0.671. The first-order valence-corrected chi connectivity index (χ1v) is 6.77. The smallest absolute Gasteiger partial charge is 0.270 e. The molecule has 0 aliphatic carbocycles. The van der Waals surface area contributed by atoms with Gasteiger partial charge in [0, 0.05) is 31.3 Å². The lowest BCUT2D eigenvalue weighted by atomic mass is 9.99. The first kappa shape index (κ1) is 14.3. The molecule has 6 nitrogen and oxygen atoms in total. The van der Waals surface area contributed by atoms with Crippen LogP contribution in [-0.2, 0) is 0 Å². The molecule has 1 aliphatic rings. The van der Waals surface area contributed by atoms with Gasteiger partial charge in [0.15, 0.2) is 0 Å². The van der Waals surface area contributed by atoms with Gasteiger partial charge in [-0.15, -0.1) is 0 Å². The summed E-state index contributed by atoms with van der Waals surface area (Å²) < 4.78 is 0. The highest BCUT2D eigenvalue weighted by atomic mass is 16.6. The Kier molecular flexibility index (Phi) is 4.53. The molecular weight excluding hydrogens is 256 g/mol. The molecule has 1 aliphatic heterocycles. The van der Waals surface area contributed by atoms with E-state index in [4.69, 9.17) is 0 Å². The Bertz CT molecular complexity index is 536. The van der Waals surface area contributed by atoms with Crippen LogP contribution in [0.1, 0.15) is 24.8 Å². The van der Waals surface area contributed by atoms with Crippen LogP contribution >= 0.6 is 0 Å². The third kappa shape index (κ3) is 2.89. The van der Waals surface area contributed by atoms with Crippen LogP contribution in [-0.4, -0.2) is 31.1 Å². The van der Waals surface area contributed by atoms with Crippen molar-refractivity contribution >= 4 is 11.4 Å². The highest BCUT2D eigenvalue weighted by molar-refractivity contribution is 5.63. The van der Waals surface area contributed by atoms with Gasteiger partial charge in [-0.1, -0.05) is 0 Å². The Balaban J connectivity index is 2.35. The van der Waals surface area contributed by atoms with E-state index < -0.39 is 4.92 Å². The number of hydrogen-bond acceptors (Lipinski definition) is 5. The number of nitro benzene ring substituents is 1. The lowest BCUT2D eigenvalue weighted by molar-refractivity contribution is -0.384. The predicted molar refractivity (Wildman–Crippen MR) is 76.7 cm³/mol. The van der Waals surface area contributed by atoms with Gasteiger partial charge in [-0.05, 0) is 32.4 Å². The number of non-ortho nitro benzene ring substituents is 1. The molecule has 6 heteroatoms. The number of nitro groups is 1. The van der Waals surface area contributed by atoms with Crippen molar-refractivity contribution in [1.82, 2.24) is 5.32 Å². The van der Waals surface area contributed by atoms with Gasteiger partial charge in [0.1, 0.15) is 6.07 Å². The first-order chi connectivity index (χ1) is 9.67. The molecule has 1 heterocycles. The van der Waals surface area contributed by atoms with Gasteiger partial charge in [0.2, 0.25) is 0 Å². The number of anilines is 1. The molecule has 0 amide bonds. The summed E-state index contributed by atoms with van der Waals surface area (Å²) in [5, 5.41) is 23.2. The normalized spacial score (nSPS) is 18.6. The molecule has 0 saturated carbocycles. The fourth-order valence-electron chi connectivity index (χ4n) is 2.74. The molecule has 1 saturated heterocycles. The molecule has 0 aromatic heterocycles. The van der Waals surface area contributed by atoms with Crippen LogP contribution < -0.4 is 10.2 Å². The molecule has 1 aromatic carbocycles. The number of hydrogen-bond donors (Lipinski definition) is 1. The molecule has 106 valence electrons. The summed E-state index contributed by atoms with van der Waals surface area (Å²) in [6.07, 6.45) is 3.34. The van der Waals surface area contributed by atoms with Gasteiger partial charge < -0.3 is 10.2 Å². The Morgan fingerprint density at radius 1 is 1.55 bits per heavy atom. The Hall–Kier alpha value is -2.13. The van der Waals surface area contributed by atoms with Crippen molar-refractivity contribution in [1.29, 1.82) is 5.26 Å². The summed E-state index contributed by atoms with van der Waals surface area (Å²) in [7, 11) is 1.91. The number of piperidine rings is 1. The topological polar surface area (TPSA) is 82.2 Å². The second-order valence-electron chi connectivity index (χ2n) is 4.97. The van der Waals surface area contributed by atoms with Crippen molar-refractivity contribution in [3.05, 3.63) is 33.9 Å². The highest BCUT2D eigenvalue weighted by Crippen LogP contribution is 2.30. The maximum absolute atomic E-state index is 10.8. The van der Waals surface area contributed by atoms with Gasteiger partial charge in [0.25, 0.3) is 5.69 Å². The minimum absolute atomic E-state index is 0.0347. The minimum atomic E-state index is -0.466. The predicted octanol–water partition coefficient (Wildman–Crippen LogP) is 2.04. The number of nitrogens with one attached hydrogen (secondary N) is 1. The number of benzene rings is 1. The van der Waals surface area contributed by atoms with E-state index in [2.05, 4.69) is 16.3 Å². The number of likely N-dealkylation sites (N-methyl/N-ethyl adjacent to an activating group) is 1. The SMILES string of the molecule is CNCC1CCCCN1c1ccc([N+](=O)[O-])cc1C#N. The number of nitrogens with zero attached hydrogens (tertiary/aromatic N) is 3. The van der Waals surface area contributed by atoms with Crippen LogP contribution in [0.15, 0.2) is 18.2 Å². The molecule has 1 aromatic rings. The van der Waals surface area contributed by atoms with Crippen molar-refractivity contribution in [2.45, 2.75) is 25.3 Å². The second-order valence-corrected chi connectivity index (χ2v) is 4.97. The van der Waals surface area contributed by atoms with Crippen molar-refractivity contribution < 1.29 is 4.92 Å². The monoisotopic (exact) mass is 274 g/mol. The standard InChI is InChI=1S/C14H18N4O2/c1-16-10-13-4-2-3-7-17(13)14-6-5-12(18(19)20)8-11(14)9-15/h5-6,8,13,16H,2-4,7,10H2,1H3. The zero-order chi connectivity index (χ0) is 14.5. The molecule has 2 rings (SSSR count). The zero-order valence-corrected chi connectivity index (χ0v) is 11.5. The van der Waals surface area contributed by atoms with Crippen LogP contribution in [0.3, 0.4) is 0 Å². The van der Waals surface area contributed by atoms with Crippen molar-refractivity contribution in [2.75, 3.05) is 25.0 Å². The fraction of sp³-hybridized carbons (Fsp3) is 0.500. The van der Waals surface area contributed by atoms with Gasteiger partial charge in [0.05, 0.1) is 16.2 Å². The summed E-state index contributed by atoms with van der Waals surface area (Å²) in [6, 6.07) is 6.95. The van der Waals surface area contributed by atoms with E-state index in [-0.39, 0.29) is 5.69 Å². The molecule has 20 heavy (non-hydrogen) atoms. The molecule has 1 atom stereocenters. The summed E-state index contributed by atoms with van der Waals surface area (Å²) >= 11 is 0. The maximum Gasteiger partial charge on any atom is 0.270 e. The van der Waals surface area contributed by atoms with Gasteiger partial charge in [-0.25, -0.2) is 0 Å². The Morgan fingerprint density at radius 2 is 2.35 bits per heavy atom. The van der Waals surface area contributed by atoms with Crippen molar-refractivity contribution in [3.63, 3.8) is 0 Å². The van der Waals surface area contributed by atoms with E-state index in [0.29, 0.717) is 11.6 Å². The van der Waals surface area contributed by atoms with Crippen molar-refractivity contribution in [2.24, 2.45) is 0 Å². The van der Waals surface area contributed by atoms with E-state index in [9.17, 15) is 15.4 Å². The van der Waals surface area contributed by atoms with E-state index in [1.54, 1.807) is 6.07 Å². The molecule has 1 unspecified atom stereocenters. The van der Waals surface area contributed by atoms with Crippen molar-refractivity contribution in [3.8, 4) is 6.07 Å². The summed E-state index contributed by atoms with van der Waals surface area (Å²) in [6.45, 7) is 1.74. The summed E-state index contributed by atoms with van der Waals surface area (Å²) in [5.74, 6) is 0. The molecule has 0 bridgehead atoms. The lowest BCUT2D eigenvalue weighted by Gasteiger charge is -2.38. The largest absolute Gasteiger partial charge is 0.366 e. The van der Waals surface area contributed by atoms with Crippen LogP contribution in [0.2, 0.25) is 0 Å². The number of nitriles is 1. The average molecular weight is 274 g/mol. The number of rotatable bonds is 4. The van der Waals surface area contributed by atoms with Crippen LogP contribution in [0.25, 0.3) is 0 Å². The van der Waals surface area contributed by atoms with E-state index >= 15 is 0 Å². The second kappa shape index (κ2) is 6.35. The highest BCUT2D eigenvalue weighted by Gasteiger charge is 2.25. The van der Waals surface area contributed by atoms with Gasteiger partial charge >= 0.3 is 0 Å². The van der Waals surface area contributed by atoms with E-state index in [1.807, 2.05) is 7.05 Å². The molecular formula is C14H18N4O2. The van der Waals surface area contributed by atoms with Gasteiger partial charge in [-0.2, -0.15) is 5.26 Å². The van der Waals surface area contributed by atoms with E-state index in [0.717, 1.165) is 31.6 Å². The average Bonchev–Trinajstić information content (AvgIpc) is 2.47.